The highest BCUT2D eigenvalue weighted by Crippen LogP contribution is 2.82. The van der Waals surface area contributed by atoms with Crippen LogP contribution < -0.4 is 0 Å². The second-order valence-electron chi connectivity index (χ2n) is 11.9. The summed E-state index contributed by atoms with van der Waals surface area (Å²) in [6, 6.07) is 0.0358. The Morgan fingerprint density at radius 3 is 2.68 bits per heavy atom. The zero-order chi connectivity index (χ0) is 21.6. The number of hydrogen-bond donors (Lipinski definition) is 2. The Morgan fingerprint density at radius 1 is 1.16 bits per heavy atom. The molecule has 5 saturated carbocycles. The molecule has 0 unspecified atom stereocenters. The summed E-state index contributed by atoms with van der Waals surface area (Å²) in [7, 11) is 3.59. The van der Waals surface area contributed by atoms with Crippen molar-refractivity contribution in [2.75, 3.05) is 34.1 Å². The van der Waals surface area contributed by atoms with Crippen LogP contribution in [0.15, 0.2) is 0 Å². The lowest BCUT2D eigenvalue weighted by atomic mass is 9.43. The van der Waals surface area contributed by atoms with Crippen LogP contribution in [0.5, 0.6) is 0 Å². The fraction of sp³-hybridized carbons (Fsp3) is 1.00. The molecule has 2 aliphatic heterocycles. The van der Waals surface area contributed by atoms with Crippen molar-refractivity contribution in [3.05, 3.63) is 0 Å². The third-order valence-electron chi connectivity index (χ3n) is 11.6. The first-order valence-electron chi connectivity index (χ1n) is 12.3. The molecule has 0 amide bonds. The second-order valence-corrected chi connectivity index (χ2v) is 11.9. The van der Waals surface area contributed by atoms with Crippen LogP contribution in [-0.2, 0) is 18.9 Å². The van der Waals surface area contributed by atoms with Gasteiger partial charge in [-0.1, -0.05) is 13.8 Å². The van der Waals surface area contributed by atoms with E-state index in [-0.39, 0.29) is 59.5 Å². The summed E-state index contributed by atoms with van der Waals surface area (Å²) in [5, 5.41) is 24.0. The van der Waals surface area contributed by atoms with Gasteiger partial charge in [0.2, 0.25) is 0 Å². The molecule has 0 radical (unpaired) electrons. The standard InChI is InChI=1S/C24H37NO6/c1-5-25-10-21(2)7-6-15(29-4)23-13-8-12-14(28-3)9-22(16(13)17(12)26)24(20(23)25,31-11-30-22)19(27)18(21)23/h12-20,26-27H,5-11H2,1-4H3/t12-,13+,14-,15-,16+,17-,18+,19-,20-,21-,22+,23-,24-/m0/s1. The number of hydrogen-bond acceptors (Lipinski definition) is 7. The number of rotatable bonds is 3. The first-order valence-corrected chi connectivity index (χ1v) is 12.3. The molecule has 7 nitrogen and oxygen atoms in total. The molecule has 174 valence electrons. The summed E-state index contributed by atoms with van der Waals surface area (Å²) in [6.45, 7) is 6.68. The van der Waals surface area contributed by atoms with E-state index < -0.39 is 23.4 Å². The van der Waals surface area contributed by atoms with Crippen molar-refractivity contribution >= 4 is 0 Å². The summed E-state index contributed by atoms with van der Waals surface area (Å²) in [5.74, 6) is 0.388. The zero-order valence-electron chi connectivity index (χ0n) is 19.1. The lowest BCUT2D eigenvalue weighted by molar-refractivity contribution is -0.281. The highest BCUT2D eigenvalue weighted by molar-refractivity contribution is 5.42. The van der Waals surface area contributed by atoms with Crippen LogP contribution in [0.25, 0.3) is 0 Å². The minimum absolute atomic E-state index is 0.0000689. The van der Waals surface area contributed by atoms with Crippen molar-refractivity contribution < 1.29 is 29.2 Å². The molecule has 5 aliphatic carbocycles. The summed E-state index contributed by atoms with van der Waals surface area (Å²) >= 11 is 0. The molecule has 2 N–H and O–H groups in total. The Hall–Kier alpha value is -0.280. The van der Waals surface area contributed by atoms with E-state index in [2.05, 4.69) is 18.7 Å². The van der Waals surface area contributed by atoms with Gasteiger partial charge in [-0.2, -0.15) is 0 Å². The van der Waals surface area contributed by atoms with Gasteiger partial charge < -0.3 is 29.2 Å². The quantitative estimate of drug-likeness (QED) is 0.685. The van der Waals surface area contributed by atoms with Crippen molar-refractivity contribution in [3.8, 4) is 0 Å². The number of nitrogens with zero attached hydrogens (tertiary/aromatic N) is 1. The minimum Gasteiger partial charge on any atom is -0.392 e. The smallest absolute Gasteiger partial charge is 0.148 e. The van der Waals surface area contributed by atoms with Gasteiger partial charge in [-0.25, -0.2) is 0 Å². The minimum atomic E-state index is -0.846. The molecular formula is C24H37NO6. The molecule has 7 heteroatoms. The monoisotopic (exact) mass is 435 g/mol. The number of likely N-dealkylation sites (tertiary alicyclic amines) is 1. The van der Waals surface area contributed by atoms with Crippen LogP contribution in [-0.4, -0.2) is 90.9 Å². The zero-order valence-corrected chi connectivity index (χ0v) is 19.1. The van der Waals surface area contributed by atoms with Crippen LogP contribution in [0.2, 0.25) is 0 Å². The summed E-state index contributed by atoms with van der Waals surface area (Å²) in [5.41, 5.74) is -1.80. The first-order chi connectivity index (χ1) is 14.9. The van der Waals surface area contributed by atoms with Gasteiger partial charge in [0, 0.05) is 50.4 Å². The maximum Gasteiger partial charge on any atom is 0.148 e. The van der Waals surface area contributed by atoms with Gasteiger partial charge in [0.05, 0.1) is 30.5 Å². The molecule has 31 heavy (non-hydrogen) atoms. The molecule has 13 atom stereocenters. The SMILES string of the molecule is CCN1C[C@]2(C)CC[C@H](OC)[C@@]34[C@@H]5C[C@@H]6[C@H](O)[C@@H]5[C@@]5(C[C@@H]6OC)OCO[C@@]5([C@@H](O)[C@H]23)[C@@H]14. The maximum atomic E-state index is 12.3. The molecule has 7 rings (SSSR count). The van der Waals surface area contributed by atoms with E-state index in [4.69, 9.17) is 18.9 Å². The molecular weight excluding hydrogens is 398 g/mol. The summed E-state index contributed by atoms with van der Waals surface area (Å²) in [4.78, 5) is 2.59. The van der Waals surface area contributed by atoms with Crippen molar-refractivity contribution in [3.63, 3.8) is 0 Å². The normalized spacial score (nSPS) is 65.8. The maximum absolute atomic E-state index is 12.3. The van der Waals surface area contributed by atoms with Crippen LogP contribution in [0, 0.1) is 34.5 Å². The predicted octanol–water partition coefficient (Wildman–Crippen LogP) is 1.01. The topological polar surface area (TPSA) is 80.6 Å². The van der Waals surface area contributed by atoms with Crippen LogP contribution in [0.4, 0.5) is 0 Å². The number of methoxy groups -OCH3 is 2. The number of likely N-dealkylation sites (N-methyl/N-ethyl adjacent to an activating group) is 1. The number of ether oxygens (including phenoxy) is 4. The van der Waals surface area contributed by atoms with Gasteiger partial charge in [0.1, 0.15) is 18.0 Å². The Bertz CT molecular complexity index is 811. The Balaban J connectivity index is 1.57. The largest absolute Gasteiger partial charge is 0.392 e. The first kappa shape index (κ1) is 20.1. The van der Waals surface area contributed by atoms with E-state index >= 15 is 0 Å². The molecule has 0 aromatic rings. The van der Waals surface area contributed by atoms with E-state index in [9.17, 15) is 10.2 Å². The average molecular weight is 436 g/mol. The van der Waals surface area contributed by atoms with Gasteiger partial charge in [-0.15, -0.1) is 0 Å². The molecule has 0 aromatic carbocycles. The molecule has 0 aromatic heterocycles. The third-order valence-corrected chi connectivity index (χ3v) is 11.6. The number of fused-ring (bicyclic) bond motifs is 1. The van der Waals surface area contributed by atoms with Gasteiger partial charge in [0.15, 0.2) is 0 Å². The van der Waals surface area contributed by atoms with Crippen molar-refractivity contribution in [2.24, 2.45) is 34.5 Å². The van der Waals surface area contributed by atoms with E-state index in [1.165, 1.54) is 0 Å². The lowest BCUT2D eigenvalue weighted by Crippen LogP contribution is -2.80. The third kappa shape index (κ3) is 1.74. The lowest BCUT2D eigenvalue weighted by Gasteiger charge is -2.69. The molecule has 2 heterocycles. The van der Waals surface area contributed by atoms with E-state index in [1.807, 2.05) is 7.11 Å². The van der Waals surface area contributed by atoms with Gasteiger partial charge in [-0.05, 0) is 37.1 Å². The Kier molecular flexibility index (Phi) is 3.80. The van der Waals surface area contributed by atoms with Crippen LogP contribution >= 0.6 is 0 Å². The van der Waals surface area contributed by atoms with E-state index in [0.717, 1.165) is 32.4 Å². The van der Waals surface area contributed by atoms with E-state index in [1.54, 1.807) is 7.11 Å². The van der Waals surface area contributed by atoms with Gasteiger partial charge >= 0.3 is 0 Å². The van der Waals surface area contributed by atoms with Crippen molar-refractivity contribution in [1.29, 1.82) is 0 Å². The highest BCUT2D eigenvalue weighted by Gasteiger charge is 2.93. The molecule has 7 bridgehead atoms. The van der Waals surface area contributed by atoms with Crippen molar-refractivity contribution in [1.82, 2.24) is 4.90 Å². The van der Waals surface area contributed by atoms with Crippen LogP contribution in [0.3, 0.4) is 0 Å². The number of aliphatic hydroxyl groups is 2. The van der Waals surface area contributed by atoms with Gasteiger partial charge in [0.25, 0.3) is 0 Å². The average Bonchev–Trinajstić information content (AvgIpc) is 3.30. The highest BCUT2D eigenvalue weighted by atomic mass is 16.7. The molecule has 7 aliphatic rings. The number of piperidine rings is 1. The summed E-state index contributed by atoms with van der Waals surface area (Å²) in [6.07, 6.45) is 2.51. The van der Waals surface area contributed by atoms with Gasteiger partial charge in [-0.3, -0.25) is 4.90 Å². The Morgan fingerprint density at radius 2 is 1.97 bits per heavy atom. The fourth-order valence-electron chi connectivity index (χ4n) is 11.2. The predicted molar refractivity (Wildman–Crippen MR) is 110 cm³/mol. The number of aliphatic hydroxyl groups excluding tert-OH is 2. The van der Waals surface area contributed by atoms with Crippen molar-refractivity contribution in [2.45, 2.75) is 81.2 Å². The Labute approximate surface area is 184 Å². The van der Waals surface area contributed by atoms with Crippen LogP contribution in [0.1, 0.15) is 39.5 Å². The molecule has 3 spiro atoms. The molecule has 2 saturated heterocycles. The second kappa shape index (κ2) is 5.85. The summed E-state index contributed by atoms with van der Waals surface area (Å²) < 4.78 is 25.5. The fourth-order valence-corrected chi connectivity index (χ4v) is 11.2. The molecule has 7 fully saturated rings. The van der Waals surface area contributed by atoms with E-state index in [0.29, 0.717) is 6.42 Å².